The van der Waals surface area contributed by atoms with Gasteiger partial charge in [-0.3, -0.25) is 14.4 Å². The Morgan fingerprint density at radius 3 is 2.74 bits per heavy atom. The van der Waals surface area contributed by atoms with Crippen LogP contribution in [0.1, 0.15) is 48.3 Å². The van der Waals surface area contributed by atoms with E-state index in [2.05, 4.69) is 20.5 Å². The number of rotatable bonds is 5. The number of fused-ring (bicyclic) bond motifs is 1. The largest absolute Gasteiger partial charge is 0.347 e. The van der Waals surface area contributed by atoms with E-state index >= 15 is 0 Å². The molecule has 0 saturated carbocycles. The first-order chi connectivity index (χ1) is 15.0. The van der Waals surface area contributed by atoms with Gasteiger partial charge < -0.3 is 20.1 Å². The summed E-state index contributed by atoms with van der Waals surface area (Å²) in [6.07, 6.45) is 9.13. The Hall–Kier alpha value is -3.00. The molecule has 1 aromatic heterocycles. The van der Waals surface area contributed by atoms with Crippen molar-refractivity contribution in [3.05, 3.63) is 48.0 Å². The predicted octanol–water partition coefficient (Wildman–Crippen LogP) is 1.97. The number of carbonyl (C=O) groups excluding carboxylic acids is 3. The Balaban J connectivity index is 1.33. The second-order valence-electron chi connectivity index (χ2n) is 8.44. The average molecular weight is 424 g/mol. The van der Waals surface area contributed by atoms with Gasteiger partial charge in [0.15, 0.2) is 5.82 Å². The molecular formula is C23H29N5O3. The molecule has 2 atom stereocenters. The molecule has 2 amide bonds. The van der Waals surface area contributed by atoms with Crippen LogP contribution in [0.5, 0.6) is 0 Å². The van der Waals surface area contributed by atoms with E-state index in [4.69, 9.17) is 0 Å². The van der Waals surface area contributed by atoms with Crippen molar-refractivity contribution >= 4 is 23.3 Å². The maximum absolute atomic E-state index is 12.6. The lowest BCUT2D eigenvalue weighted by Gasteiger charge is -2.44. The van der Waals surface area contributed by atoms with E-state index in [1.165, 1.54) is 19.3 Å². The first-order valence-corrected chi connectivity index (χ1v) is 11.0. The zero-order valence-electron chi connectivity index (χ0n) is 17.8. The fourth-order valence-electron chi connectivity index (χ4n) is 4.76. The number of carbonyl (C=O) groups is 3. The molecule has 0 bridgehead atoms. The van der Waals surface area contributed by atoms with Crippen LogP contribution in [0.3, 0.4) is 0 Å². The summed E-state index contributed by atoms with van der Waals surface area (Å²) in [5, 5.41) is 5.41. The molecule has 2 fully saturated rings. The molecule has 3 heterocycles. The number of ketones is 1. The lowest BCUT2D eigenvalue weighted by atomic mass is 9.83. The van der Waals surface area contributed by atoms with Crippen molar-refractivity contribution in [2.45, 2.75) is 38.1 Å². The summed E-state index contributed by atoms with van der Waals surface area (Å²) in [6.45, 7) is 2.80. The Morgan fingerprint density at radius 1 is 1.10 bits per heavy atom. The summed E-state index contributed by atoms with van der Waals surface area (Å²) >= 11 is 0. The van der Waals surface area contributed by atoms with Crippen molar-refractivity contribution < 1.29 is 14.4 Å². The second kappa shape index (κ2) is 9.43. The van der Waals surface area contributed by atoms with E-state index in [9.17, 15) is 14.4 Å². The quantitative estimate of drug-likeness (QED) is 0.566. The number of nitrogens with zero attached hydrogens (tertiary/aromatic N) is 3. The van der Waals surface area contributed by atoms with Gasteiger partial charge in [-0.2, -0.15) is 0 Å². The number of anilines is 1. The van der Waals surface area contributed by atoms with Gasteiger partial charge >= 0.3 is 11.8 Å². The van der Waals surface area contributed by atoms with Gasteiger partial charge in [0.2, 0.25) is 5.78 Å². The number of imidazole rings is 1. The standard InChI is InChI=1S/C23H29N5O3/c1-27-13-10-24-21(27)20(29)16-6-4-8-18(14-16)26-23(31)22(30)25-15-17-7-5-12-28-11-3-2-9-19(17)28/h4,6,8,10,13-14,17,19H,2-3,5,7,9,11-12,15H2,1H3,(H,25,30)(H,26,31)/t17-,19-/m0/s1. The number of aryl methyl sites for hydroxylation is 1. The molecule has 164 valence electrons. The number of hydrogen-bond acceptors (Lipinski definition) is 5. The first-order valence-electron chi connectivity index (χ1n) is 11.0. The van der Waals surface area contributed by atoms with Crippen LogP contribution in [-0.4, -0.2) is 57.7 Å². The third-order valence-corrected chi connectivity index (χ3v) is 6.37. The molecule has 1 aromatic carbocycles. The smallest absolute Gasteiger partial charge is 0.313 e. The number of nitrogens with one attached hydrogen (secondary N) is 2. The van der Waals surface area contributed by atoms with Gasteiger partial charge in [-0.15, -0.1) is 0 Å². The summed E-state index contributed by atoms with van der Waals surface area (Å²) < 4.78 is 1.64. The third kappa shape index (κ3) is 4.85. The van der Waals surface area contributed by atoms with Gasteiger partial charge in [0.25, 0.3) is 0 Å². The van der Waals surface area contributed by atoms with Gasteiger partial charge in [0.05, 0.1) is 0 Å². The van der Waals surface area contributed by atoms with Gasteiger partial charge in [0.1, 0.15) is 0 Å². The van der Waals surface area contributed by atoms with E-state index in [0.29, 0.717) is 35.6 Å². The van der Waals surface area contributed by atoms with Gasteiger partial charge in [0, 0.05) is 43.3 Å². The van der Waals surface area contributed by atoms with Crippen LogP contribution in [0.2, 0.25) is 0 Å². The number of piperidine rings is 2. The maximum atomic E-state index is 12.6. The van der Waals surface area contributed by atoms with Crippen LogP contribution in [0.25, 0.3) is 0 Å². The van der Waals surface area contributed by atoms with E-state index in [-0.39, 0.29) is 5.78 Å². The highest BCUT2D eigenvalue weighted by Gasteiger charge is 2.33. The van der Waals surface area contributed by atoms with Gasteiger partial charge in [-0.25, -0.2) is 4.98 Å². The summed E-state index contributed by atoms with van der Waals surface area (Å²) in [4.78, 5) is 44.0. The topological polar surface area (TPSA) is 96.3 Å². The molecule has 0 spiro atoms. The van der Waals surface area contributed by atoms with Crippen molar-refractivity contribution in [1.82, 2.24) is 19.8 Å². The molecule has 0 radical (unpaired) electrons. The van der Waals surface area contributed by atoms with E-state index in [1.54, 1.807) is 48.3 Å². The van der Waals surface area contributed by atoms with Crippen LogP contribution in [-0.2, 0) is 16.6 Å². The maximum Gasteiger partial charge on any atom is 0.313 e. The Bertz CT molecular complexity index is 968. The number of hydrogen-bond donors (Lipinski definition) is 2. The summed E-state index contributed by atoms with van der Waals surface area (Å²) in [6, 6.07) is 7.06. The number of aromatic nitrogens is 2. The molecule has 8 nitrogen and oxygen atoms in total. The SMILES string of the molecule is Cn1ccnc1C(=O)c1cccc(NC(=O)C(=O)NC[C@@H]2CCCN3CCCC[C@@H]23)c1. The van der Waals surface area contributed by atoms with Crippen LogP contribution < -0.4 is 10.6 Å². The molecule has 2 aliphatic rings. The van der Waals surface area contributed by atoms with E-state index in [1.807, 2.05) is 0 Å². The van der Waals surface area contributed by atoms with Crippen molar-refractivity contribution in [2.75, 3.05) is 25.0 Å². The lowest BCUT2D eigenvalue weighted by molar-refractivity contribution is -0.136. The molecular weight excluding hydrogens is 394 g/mol. The minimum absolute atomic E-state index is 0.248. The molecule has 2 aromatic rings. The average Bonchev–Trinajstić information content (AvgIpc) is 3.22. The Kier molecular flexibility index (Phi) is 6.46. The highest BCUT2D eigenvalue weighted by atomic mass is 16.2. The highest BCUT2D eigenvalue weighted by molar-refractivity contribution is 6.39. The van der Waals surface area contributed by atoms with Crippen molar-refractivity contribution in [1.29, 1.82) is 0 Å². The van der Waals surface area contributed by atoms with Gasteiger partial charge in [-0.1, -0.05) is 18.6 Å². The summed E-state index contributed by atoms with van der Waals surface area (Å²) in [5.74, 6) is -0.913. The normalized spacial score (nSPS) is 21.2. The lowest BCUT2D eigenvalue weighted by Crippen LogP contribution is -2.51. The molecule has 0 unspecified atom stereocenters. The predicted molar refractivity (Wildman–Crippen MR) is 117 cm³/mol. The fourth-order valence-corrected chi connectivity index (χ4v) is 4.76. The van der Waals surface area contributed by atoms with E-state index < -0.39 is 11.8 Å². The van der Waals surface area contributed by atoms with Crippen molar-refractivity contribution in [3.63, 3.8) is 0 Å². The highest BCUT2D eigenvalue weighted by Crippen LogP contribution is 2.30. The first kappa shape index (κ1) is 21.2. The minimum atomic E-state index is -0.724. The van der Waals surface area contributed by atoms with Crippen molar-refractivity contribution in [2.24, 2.45) is 13.0 Å². The molecule has 4 rings (SSSR count). The molecule has 2 N–H and O–H groups in total. The molecule has 8 heteroatoms. The Labute approximate surface area is 182 Å². The molecule has 2 aliphatic heterocycles. The monoisotopic (exact) mass is 423 g/mol. The summed E-state index contributed by atoms with van der Waals surface area (Å²) in [7, 11) is 1.75. The van der Waals surface area contributed by atoms with Crippen LogP contribution in [0.4, 0.5) is 5.69 Å². The van der Waals surface area contributed by atoms with Crippen LogP contribution in [0.15, 0.2) is 36.7 Å². The molecule has 31 heavy (non-hydrogen) atoms. The summed E-state index contributed by atoms with van der Waals surface area (Å²) in [5.41, 5.74) is 0.795. The Morgan fingerprint density at radius 2 is 1.94 bits per heavy atom. The number of amides is 2. The van der Waals surface area contributed by atoms with Crippen LogP contribution >= 0.6 is 0 Å². The molecule has 0 aliphatic carbocycles. The number of benzene rings is 1. The van der Waals surface area contributed by atoms with Crippen LogP contribution in [0, 0.1) is 5.92 Å². The zero-order valence-corrected chi connectivity index (χ0v) is 17.8. The molecule has 2 saturated heterocycles. The zero-order chi connectivity index (χ0) is 21.8. The van der Waals surface area contributed by atoms with Gasteiger partial charge in [-0.05, 0) is 56.8 Å². The second-order valence-corrected chi connectivity index (χ2v) is 8.44. The van der Waals surface area contributed by atoms with E-state index in [0.717, 1.165) is 25.9 Å². The fraction of sp³-hybridized carbons (Fsp3) is 0.478. The third-order valence-electron chi connectivity index (χ3n) is 6.37. The minimum Gasteiger partial charge on any atom is -0.347 e. The van der Waals surface area contributed by atoms with Crippen molar-refractivity contribution in [3.8, 4) is 0 Å².